The first kappa shape index (κ1) is 8.03. The van der Waals surface area contributed by atoms with Crippen molar-refractivity contribution in [3.63, 3.8) is 0 Å². The summed E-state index contributed by atoms with van der Waals surface area (Å²) in [5, 5.41) is 13.5. The molecule has 0 fully saturated rings. The van der Waals surface area contributed by atoms with E-state index in [0.29, 0.717) is 0 Å². The fraction of sp³-hybridized carbons (Fsp3) is 0. The number of benzene rings is 1. The van der Waals surface area contributed by atoms with Gasteiger partial charge in [0.25, 0.3) is 5.69 Å². The lowest BCUT2D eigenvalue weighted by atomic mass is 10.3. The maximum absolute atomic E-state index is 10.3. The highest BCUT2D eigenvalue weighted by molar-refractivity contribution is 5.56. The summed E-state index contributed by atoms with van der Waals surface area (Å²) in [7, 11) is 0. The summed E-state index contributed by atoms with van der Waals surface area (Å²) >= 11 is 0. The van der Waals surface area contributed by atoms with Crippen molar-refractivity contribution in [1.29, 1.82) is 0 Å². The summed E-state index contributed by atoms with van der Waals surface area (Å²) in [6, 6.07) is 5.74. The molecular weight excluding hydrogens is 160 g/mol. The molecule has 0 aliphatic rings. The van der Waals surface area contributed by atoms with Gasteiger partial charge in [0.1, 0.15) is 5.69 Å². The third-order valence-electron chi connectivity index (χ3n) is 1.23. The second kappa shape index (κ2) is 3.36. The molecule has 0 aromatic heterocycles. The zero-order valence-corrected chi connectivity index (χ0v) is 5.91. The monoisotopic (exact) mass is 164 g/mol. The van der Waals surface area contributed by atoms with Gasteiger partial charge in [-0.15, -0.1) is 0 Å². The predicted molar refractivity (Wildman–Crippen MR) is 41.9 cm³/mol. The van der Waals surface area contributed by atoms with Crippen LogP contribution in [0.2, 0.25) is 0 Å². The minimum absolute atomic E-state index is 0.0324. The van der Waals surface area contributed by atoms with E-state index in [2.05, 4.69) is 10.0 Å². The Hall–Kier alpha value is -2.07. The number of hydrogen-bond donors (Lipinski definition) is 0. The average molecular weight is 164 g/mol. The first-order chi connectivity index (χ1) is 5.75. The molecule has 0 N–H and O–H groups in total. The number of hydrogen-bond acceptors (Lipinski definition) is 3. The van der Waals surface area contributed by atoms with E-state index in [4.69, 9.17) is 5.53 Å². The van der Waals surface area contributed by atoms with Crippen LogP contribution in [0.15, 0.2) is 29.4 Å². The molecule has 0 unspecified atom stereocenters. The van der Waals surface area contributed by atoms with Gasteiger partial charge >= 0.3 is 0 Å². The normalized spacial score (nSPS) is 8.67. The predicted octanol–water partition coefficient (Wildman–Crippen LogP) is 2.54. The molecule has 0 heterocycles. The summed E-state index contributed by atoms with van der Waals surface area (Å²) < 4.78 is 0. The molecule has 6 heteroatoms. The van der Waals surface area contributed by atoms with Crippen LogP contribution in [0.4, 0.5) is 11.4 Å². The Labute approximate surface area is 67.2 Å². The maximum Gasteiger partial charge on any atom is 0.278 e. The second-order valence-electron chi connectivity index (χ2n) is 1.94. The van der Waals surface area contributed by atoms with Crippen molar-refractivity contribution in [2.75, 3.05) is 0 Å². The van der Waals surface area contributed by atoms with E-state index in [1.165, 1.54) is 18.2 Å². The molecule has 0 amide bonds. The standard InChI is InChI=1S/C6H4N4O2/c7-9-8-5-3-1-2-4-6(5)10(11)12/h1-4H. The summed E-state index contributed by atoms with van der Waals surface area (Å²) in [4.78, 5) is 12.2. The molecule has 0 aliphatic heterocycles. The van der Waals surface area contributed by atoms with Gasteiger partial charge < -0.3 is 0 Å². The van der Waals surface area contributed by atoms with Gasteiger partial charge in [0.15, 0.2) is 0 Å². The molecule has 1 aromatic rings. The Morgan fingerprint density at radius 3 is 2.75 bits per heavy atom. The number of nitro groups is 1. The van der Waals surface area contributed by atoms with Crippen LogP contribution >= 0.6 is 0 Å². The second-order valence-corrected chi connectivity index (χ2v) is 1.94. The zero-order valence-electron chi connectivity index (χ0n) is 5.91. The van der Waals surface area contributed by atoms with E-state index in [1.54, 1.807) is 6.07 Å². The van der Waals surface area contributed by atoms with E-state index in [-0.39, 0.29) is 11.4 Å². The maximum atomic E-state index is 10.3. The van der Waals surface area contributed by atoms with Crippen LogP contribution in [-0.4, -0.2) is 4.92 Å². The fourth-order valence-corrected chi connectivity index (χ4v) is 0.751. The van der Waals surface area contributed by atoms with Gasteiger partial charge in [-0.1, -0.05) is 17.2 Å². The molecule has 0 bridgehead atoms. The Balaban J connectivity index is 3.26. The summed E-state index contributed by atoms with van der Waals surface area (Å²) in [6.45, 7) is 0. The molecule has 0 radical (unpaired) electrons. The summed E-state index contributed by atoms with van der Waals surface area (Å²) in [5.74, 6) is 0. The Morgan fingerprint density at radius 1 is 1.50 bits per heavy atom. The molecule has 0 spiro atoms. The van der Waals surface area contributed by atoms with Crippen LogP contribution < -0.4 is 0 Å². The highest BCUT2D eigenvalue weighted by Gasteiger charge is 2.09. The first-order valence-corrected chi connectivity index (χ1v) is 3.04. The topological polar surface area (TPSA) is 91.9 Å². The Kier molecular flexibility index (Phi) is 2.25. The van der Waals surface area contributed by atoms with E-state index < -0.39 is 4.92 Å². The third-order valence-corrected chi connectivity index (χ3v) is 1.23. The molecule has 6 nitrogen and oxygen atoms in total. The van der Waals surface area contributed by atoms with Crippen LogP contribution in [0.25, 0.3) is 10.4 Å². The molecule has 12 heavy (non-hydrogen) atoms. The van der Waals surface area contributed by atoms with Gasteiger partial charge in [-0.05, 0) is 11.6 Å². The van der Waals surface area contributed by atoms with Crippen molar-refractivity contribution >= 4 is 11.4 Å². The molecule has 1 aromatic carbocycles. The van der Waals surface area contributed by atoms with E-state index in [9.17, 15) is 10.1 Å². The lowest BCUT2D eigenvalue weighted by molar-refractivity contribution is -0.384. The smallest absolute Gasteiger partial charge is 0.258 e. The van der Waals surface area contributed by atoms with Crippen LogP contribution in [0.1, 0.15) is 0 Å². The van der Waals surface area contributed by atoms with Gasteiger partial charge in [0, 0.05) is 11.0 Å². The zero-order chi connectivity index (χ0) is 8.97. The molecule has 1 rings (SSSR count). The Bertz CT molecular complexity index is 335. The molecule has 60 valence electrons. The van der Waals surface area contributed by atoms with Gasteiger partial charge in [-0.3, -0.25) is 10.1 Å². The summed E-state index contributed by atoms with van der Waals surface area (Å²) in [5.41, 5.74) is 7.91. The molecular formula is C6H4N4O2. The molecule has 0 aliphatic carbocycles. The number of para-hydroxylation sites is 1. The van der Waals surface area contributed by atoms with E-state index in [1.807, 2.05) is 0 Å². The van der Waals surface area contributed by atoms with Crippen LogP contribution in [0.3, 0.4) is 0 Å². The minimum Gasteiger partial charge on any atom is -0.258 e. The highest BCUT2D eigenvalue weighted by atomic mass is 16.6. The van der Waals surface area contributed by atoms with Gasteiger partial charge in [-0.25, -0.2) is 0 Å². The Morgan fingerprint density at radius 2 is 2.17 bits per heavy atom. The quantitative estimate of drug-likeness (QED) is 0.221. The van der Waals surface area contributed by atoms with Crippen molar-refractivity contribution in [2.24, 2.45) is 5.11 Å². The summed E-state index contributed by atoms with van der Waals surface area (Å²) in [6.07, 6.45) is 0. The lowest BCUT2D eigenvalue weighted by Gasteiger charge is -1.92. The van der Waals surface area contributed by atoms with Gasteiger partial charge in [-0.2, -0.15) is 0 Å². The number of azide groups is 1. The van der Waals surface area contributed by atoms with Crippen molar-refractivity contribution in [1.82, 2.24) is 0 Å². The van der Waals surface area contributed by atoms with E-state index in [0.717, 1.165) is 0 Å². The average Bonchev–Trinajstić information content (AvgIpc) is 2.05. The molecule has 0 saturated heterocycles. The number of nitro benzene ring substituents is 1. The van der Waals surface area contributed by atoms with Crippen LogP contribution in [0, 0.1) is 10.1 Å². The van der Waals surface area contributed by atoms with Crippen molar-refractivity contribution in [3.8, 4) is 0 Å². The minimum atomic E-state index is -0.593. The SMILES string of the molecule is [N-]=[N+]=Nc1ccccc1[N+](=O)[O-]. The first-order valence-electron chi connectivity index (χ1n) is 3.04. The lowest BCUT2D eigenvalue weighted by Crippen LogP contribution is -1.86. The largest absolute Gasteiger partial charge is 0.278 e. The third kappa shape index (κ3) is 1.50. The highest BCUT2D eigenvalue weighted by Crippen LogP contribution is 2.25. The van der Waals surface area contributed by atoms with Crippen molar-refractivity contribution in [3.05, 3.63) is 44.8 Å². The van der Waals surface area contributed by atoms with Crippen LogP contribution in [-0.2, 0) is 0 Å². The fourth-order valence-electron chi connectivity index (χ4n) is 0.751. The number of nitrogens with zero attached hydrogens (tertiary/aromatic N) is 4. The van der Waals surface area contributed by atoms with Crippen LogP contribution in [0.5, 0.6) is 0 Å². The van der Waals surface area contributed by atoms with Gasteiger partial charge in [0.2, 0.25) is 0 Å². The van der Waals surface area contributed by atoms with Crippen molar-refractivity contribution in [2.45, 2.75) is 0 Å². The molecule has 0 atom stereocenters. The van der Waals surface area contributed by atoms with Gasteiger partial charge in [0.05, 0.1) is 4.92 Å². The number of rotatable bonds is 2. The van der Waals surface area contributed by atoms with E-state index >= 15 is 0 Å². The van der Waals surface area contributed by atoms with Crippen molar-refractivity contribution < 1.29 is 4.92 Å². The molecule has 0 saturated carbocycles.